The predicted octanol–water partition coefficient (Wildman–Crippen LogP) is -5.85. The number of nitrogens with one attached hydrogen (secondary N) is 4. The zero-order valence-electron chi connectivity index (χ0n) is 21.3. The van der Waals surface area contributed by atoms with E-state index >= 15 is 0 Å². The fourth-order valence-electron chi connectivity index (χ4n) is 2.42. The summed E-state index contributed by atoms with van der Waals surface area (Å²) in [5.41, 5.74) is 20.6. The van der Waals surface area contributed by atoms with Crippen molar-refractivity contribution in [1.29, 1.82) is 0 Å². The van der Waals surface area contributed by atoms with E-state index in [0.717, 1.165) is 0 Å². The number of halogens is 3. The van der Waals surface area contributed by atoms with E-state index in [1.54, 1.807) is 0 Å². The number of aliphatic hydroxyl groups is 1. The van der Waals surface area contributed by atoms with Crippen LogP contribution in [0, 0.1) is 0 Å². The number of carbonyl (C=O) groups excluding carboxylic acids is 5. The maximum absolute atomic E-state index is 12.4. The fourth-order valence-corrected chi connectivity index (χ4v) is 2.42. The second-order valence-corrected chi connectivity index (χ2v) is 7.66. The van der Waals surface area contributed by atoms with Crippen LogP contribution in [0.1, 0.15) is 19.3 Å². The lowest BCUT2D eigenvalue weighted by molar-refractivity contribution is -0.192. The van der Waals surface area contributed by atoms with Crippen molar-refractivity contribution in [2.45, 2.75) is 43.6 Å². The molecule has 0 aliphatic heterocycles. The molecule has 0 bridgehead atoms. The van der Waals surface area contributed by atoms with E-state index in [0.29, 0.717) is 6.42 Å². The number of hydrogen-bond donors (Lipinski definition) is 11. The normalized spacial score (nSPS) is 12.6. The van der Waals surface area contributed by atoms with Crippen LogP contribution in [0.3, 0.4) is 0 Å². The number of nitrogens with two attached hydrogens (primary N) is 4. The van der Waals surface area contributed by atoms with Gasteiger partial charge in [-0.15, -0.1) is 0 Å². The molecule has 0 aliphatic rings. The molecule has 0 aromatic heterocycles. The van der Waals surface area contributed by atoms with Crippen LogP contribution in [-0.2, 0) is 33.6 Å². The zero-order chi connectivity index (χ0) is 32.3. The van der Waals surface area contributed by atoms with Gasteiger partial charge in [0.1, 0.15) is 18.1 Å². The van der Waals surface area contributed by atoms with Crippen molar-refractivity contribution in [1.82, 2.24) is 21.3 Å². The number of primary amides is 1. The largest absolute Gasteiger partial charge is 0.490 e. The number of aliphatic carboxylic acids is 2. The Hall–Kier alpha value is -4.73. The number of rotatable bonds is 16. The SMILES string of the molecule is NCC(=O)N[C@@H](CCCN=C(N)N)C(=O)NCC(=O)N[C@@H](CC(=O)O)C(=O)N[C@@H](CO)C(N)=O.O=C(O)C(F)(F)F. The van der Waals surface area contributed by atoms with Gasteiger partial charge in [-0.25, -0.2) is 4.79 Å². The number of carbonyl (C=O) groups is 7. The average Bonchev–Trinajstić information content (AvgIpc) is 2.85. The van der Waals surface area contributed by atoms with Gasteiger partial charge in [-0.05, 0) is 12.8 Å². The third-order valence-electron chi connectivity index (χ3n) is 4.32. The van der Waals surface area contributed by atoms with Crippen LogP contribution in [0.25, 0.3) is 0 Å². The first kappa shape index (κ1) is 38.4. The summed E-state index contributed by atoms with van der Waals surface area (Å²) < 4.78 is 31.7. The van der Waals surface area contributed by atoms with Crippen LogP contribution in [0.15, 0.2) is 4.99 Å². The number of amides is 5. The van der Waals surface area contributed by atoms with E-state index < -0.39 is 85.3 Å². The molecule has 22 heteroatoms. The van der Waals surface area contributed by atoms with Gasteiger partial charge in [0.15, 0.2) is 5.96 Å². The Labute approximate surface area is 229 Å². The molecular formula is C19H32F3N9O10. The van der Waals surface area contributed by atoms with E-state index in [4.69, 9.17) is 43.0 Å². The molecule has 0 saturated heterocycles. The summed E-state index contributed by atoms with van der Waals surface area (Å²) in [5, 5.41) is 33.9. The summed E-state index contributed by atoms with van der Waals surface area (Å²) in [4.78, 5) is 83.2. The average molecular weight is 604 g/mol. The lowest BCUT2D eigenvalue weighted by atomic mass is 10.1. The zero-order valence-corrected chi connectivity index (χ0v) is 21.3. The maximum Gasteiger partial charge on any atom is 0.490 e. The third kappa shape index (κ3) is 19.0. The van der Waals surface area contributed by atoms with Crippen molar-refractivity contribution in [3.8, 4) is 0 Å². The van der Waals surface area contributed by atoms with E-state index in [-0.39, 0.29) is 25.5 Å². The number of carboxylic acids is 2. The highest BCUT2D eigenvalue weighted by Crippen LogP contribution is 2.13. The highest BCUT2D eigenvalue weighted by Gasteiger charge is 2.38. The predicted molar refractivity (Wildman–Crippen MR) is 130 cm³/mol. The molecule has 0 unspecified atom stereocenters. The van der Waals surface area contributed by atoms with E-state index in [1.807, 2.05) is 5.32 Å². The first-order valence-electron chi connectivity index (χ1n) is 11.2. The standard InChI is InChI=1S/C17H31N9O8.C2HF3O2/c18-5-11(28)24-8(2-1-3-22-17(20)21)15(33)23-6-12(29)25-9(4-13(30)31)16(34)26-10(7-27)14(19)32;3-2(4,5)1(6)7/h8-10,27H,1-7,18H2,(H2,19,32)(H,23,33)(H,24,28)(H,25,29)(H,26,34)(H,30,31)(H4,20,21,22);(H,6,7)/t8-,9-,10-;/m0./s1. The molecule has 0 fully saturated rings. The smallest absolute Gasteiger partial charge is 0.481 e. The topological polar surface area (TPSA) is 345 Å². The highest BCUT2D eigenvalue weighted by atomic mass is 19.4. The van der Waals surface area contributed by atoms with Gasteiger partial charge in [0.05, 0.1) is 26.1 Å². The minimum atomic E-state index is -5.08. The molecule has 0 heterocycles. The molecular weight excluding hydrogens is 571 g/mol. The Kier molecular flexibility index (Phi) is 18.1. The summed E-state index contributed by atoms with van der Waals surface area (Å²) in [6, 6.07) is -4.20. The Bertz CT molecular complexity index is 975. The molecule has 5 amide bonds. The van der Waals surface area contributed by atoms with Gasteiger partial charge in [0, 0.05) is 6.54 Å². The fraction of sp³-hybridized carbons (Fsp3) is 0.579. The number of alkyl halides is 3. The Morgan fingerprint density at radius 1 is 0.829 bits per heavy atom. The number of hydrogen-bond acceptors (Lipinski definition) is 10. The molecule has 0 rings (SSSR count). The summed E-state index contributed by atoms with van der Waals surface area (Å²) in [7, 11) is 0. The molecule has 41 heavy (non-hydrogen) atoms. The Morgan fingerprint density at radius 3 is 1.78 bits per heavy atom. The number of aliphatic hydroxyl groups excluding tert-OH is 1. The highest BCUT2D eigenvalue weighted by molar-refractivity contribution is 5.95. The van der Waals surface area contributed by atoms with Gasteiger partial charge in [0.2, 0.25) is 29.5 Å². The molecule has 0 radical (unpaired) electrons. The second-order valence-electron chi connectivity index (χ2n) is 7.66. The maximum atomic E-state index is 12.4. The molecule has 0 aromatic carbocycles. The molecule has 15 N–H and O–H groups in total. The Balaban J connectivity index is 0. The van der Waals surface area contributed by atoms with E-state index in [2.05, 4.69) is 20.9 Å². The summed E-state index contributed by atoms with van der Waals surface area (Å²) in [5.74, 6) is -8.85. The minimum Gasteiger partial charge on any atom is -0.481 e. The van der Waals surface area contributed by atoms with Crippen molar-refractivity contribution >= 4 is 47.4 Å². The van der Waals surface area contributed by atoms with E-state index in [9.17, 15) is 41.9 Å². The third-order valence-corrected chi connectivity index (χ3v) is 4.32. The summed E-state index contributed by atoms with van der Waals surface area (Å²) in [6.07, 6.45) is -5.53. The van der Waals surface area contributed by atoms with Gasteiger partial charge in [-0.1, -0.05) is 0 Å². The number of aliphatic imine (C=N–C) groups is 1. The summed E-state index contributed by atoms with van der Waals surface area (Å²) in [6.45, 7) is -1.73. The molecule has 0 saturated carbocycles. The number of guanidine groups is 1. The molecule has 234 valence electrons. The number of nitrogens with zero attached hydrogens (tertiary/aromatic N) is 1. The van der Waals surface area contributed by atoms with Gasteiger partial charge >= 0.3 is 18.1 Å². The van der Waals surface area contributed by atoms with Crippen molar-refractivity contribution in [3.05, 3.63) is 0 Å². The summed E-state index contributed by atoms with van der Waals surface area (Å²) >= 11 is 0. The van der Waals surface area contributed by atoms with Gasteiger partial charge in [0.25, 0.3) is 0 Å². The monoisotopic (exact) mass is 603 g/mol. The van der Waals surface area contributed by atoms with Crippen LogP contribution in [0.4, 0.5) is 13.2 Å². The molecule has 0 aromatic rings. The first-order valence-corrected chi connectivity index (χ1v) is 11.2. The van der Waals surface area contributed by atoms with Crippen molar-refractivity contribution in [2.24, 2.45) is 27.9 Å². The molecule has 0 spiro atoms. The van der Waals surface area contributed by atoms with Gasteiger partial charge < -0.3 is 59.5 Å². The van der Waals surface area contributed by atoms with Crippen LogP contribution in [0.2, 0.25) is 0 Å². The molecule has 3 atom stereocenters. The minimum absolute atomic E-state index is 0.107. The lowest BCUT2D eigenvalue weighted by Crippen LogP contribution is -2.56. The van der Waals surface area contributed by atoms with Crippen LogP contribution in [-0.4, -0.2) is 113 Å². The van der Waals surface area contributed by atoms with Gasteiger partial charge in [-0.3, -0.25) is 33.8 Å². The van der Waals surface area contributed by atoms with Crippen molar-refractivity contribution in [3.63, 3.8) is 0 Å². The molecule has 19 nitrogen and oxygen atoms in total. The van der Waals surface area contributed by atoms with Crippen LogP contribution < -0.4 is 44.2 Å². The number of carboxylic acid groups (broad SMARTS) is 2. The second kappa shape index (κ2) is 19.3. The quantitative estimate of drug-likeness (QED) is 0.0445. The molecule has 0 aliphatic carbocycles. The first-order chi connectivity index (χ1) is 18.8. The lowest BCUT2D eigenvalue weighted by Gasteiger charge is -2.21. The van der Waals surface area contributed by atoms with Crippen molar-refractivity contribution in [2.75, 3.05) is 26.2 Å². The Morgan fingerprint density at radius 2 is 1.37 bits per heavy atom. The van der Waals surface area contributed by atoms with Crippen molar-refractivity contribution < 1.29 is 62.1 Å². The van der Waals surface area contributed by atoms with E-state index in [1.165, 1.54) is 0 Å². The van der Waals surface area contributed by atoms with Gasteiger partial charge in [-0.2, -0.15) is 13.2 Å². The van der Waals surface area contributed by atoms with Crippen LogP contribution >= 0.6 is 0 Å². The van der Waals surface area contributed by atoms with Crippen LogP contribution in [0.5, 0.6) is 0 Å².